The molecule has 3 rings (SSSR count). The average Bonchev–Trinajstić information content (AvgIpc) is 2.32. The standard InChI is InChI=1S/C9H12N2/c1-9(2)6-3-5-4-10-11-8(5)7(6)9/h4,6-7H,3H2,1-2H3,(H,10,11). The van der Waals surface area contributed by atoms with Gasteiger partial charge in [0.05, 0.1) is 6.20 Å². The first-order chi connectivity index (χ1) is 5.21. The van der Waals surface area contributed by atoms with E-state index in [4.69, 9.17) is 0 Å². The summed E-state index contributed by atoms with van der Waals surface area (Å²) in [6.07, 6.45) is 3.24. The molecule has 2 unspecified atom stereocenters. The van der Waals surface area contributed by atoms with E-state index in [9.17, 15) is 0 Å². The van der Waals surface area contributed by atoms with Crippen molar-refractivity contribution in [2.75, 3.05) is 0 Å². The Hall–Kier alpha value is -0.790. The van der Waals surface area contributed by atoms with Gasteiger partial charge in [0.15, 0.2) is 0 Å². The van der Waals surface area contributed by atoms with Gasteiger partial charge in [-0.2, -0.15) is 5.10 Å². The molecule has 2 nitrogen and oxygen atoms in total. The van der Waals surface area contributed by atoms with Crippen LogP contribution in [-0.4, -0.2) is 10.2 Å². The number of rotatable bonds is 0. The van der Waals surface area contributed by atoms with Gasteiger partial charge in [0.2, 0.25) is 0 Å². The molecule has 0 aromatic carbocycles. The van der Waals surface area contributed by atoms with Crippen LogP contribution in [0.25, 0.3) is 0 Å². The number of fused-ring (bicyclic) bond motifs is 3. The first-order valence-corrected chi connectivity index (χ1v) is 4.23. The molecule has 1 aromatic rings. The van der Waals surface area contributed by atoms with Crippen molar-refractivity contribution < 1.29 is 0 Å². The second-order valence-corrected chi connectivity index (χ2v) is 4.42. The van der Waals surface area contributed by atoms with Crippen LogP contribution in [0.1, 0.15) is 31.0 Å². The van der Waals surface area contributed by atoms with Crippen molar-refractivity contribution in [3.63, 3.8) is 0 Å². The van der Waals surface area contributed by atoms with Crippen molar-refractivity contribution in [2.24, 2.45) is 11.3 Å². The Labute approximate surface area is 66.0 Å². The normalized spacial score (nSPS) is 36.5. The highest BCUT2D eigenvalue weighted by atomic mass is 15.1. The van der Waals surface area contributed by atoms with Gasteiger partial charge in [0, 0.05) is 11.6 Å². The fourth-order valence-electron chi connectivity index (χ4n) is 2.69. The summed E-state index contributed by atoms with van der Waals surface area (Å²) in [4.78, 5) is 0. The number of H-pyrrole nitrogens is 1. The van der Waals surface area contributed by atoms with Gasteiger partial charge in [-0.3, -0.25) is 5.10 Å². The van der Waals surface area contributed by atoms with Gasteiger partial charge in [-0.05, 0) is 23.3 Å². The van der Waals surface area contributed by atoms with Crippen molar-refractivity contribution in [1.29, 1.82) is 0 Å². The van der Waals surface area contributed by atoms with Gasteiger partial charge in [-0.1, -0.05) is 13.8 Å². The molecule has 0 amide bonds. The second-order valence-electron chi connectivity index (χ2n) is 4.42. The first kappa shape index (κ1) is 5.81. The van der Waals surface area contributed by atoms with E-state index in [1.807, 2.05) is 6.20 Å². The van der Waals surface area contributed by atoms with E-state index in [0.717, 1.165) is 11.8 Å². The number of aromatic nitrogens is 2. The van der Waals surface area contributed by atoms with Crippen LogP contribution in [-0.2, 0) is 6.42 Å². The van der Waals surface area contributed by atoms with Crippen LogP contribution in [0.15, 0.2) is 6.20 Å². The maximum Gasteiger partial charge on any atom is 0.0522 e. The van der Waals surface area contributed by atoms with Gasteiger partial charge in [-0.25, -0.2) is 0 Å². The molecule has 2 heteroatoms. The third kappa shape index (κ3) is 0.492. The number of aromatic amines is 1. The number of nitrogens with zero attached hydrogens (tertiary/aromatic N) is 1. The van der Waals surface area contributed by atoms with Crippen LogP contribution in [0.2, 0.25) is 0 Å². The molecule has 58 valence electrons. The lowest BCUT2D eigenvalue weighted by Gasteiger charge is -2.05. The van der Waals surface area contributed by atoms with Crippen LogP contribution in [0.3, 0.4) is 0 Å². The molecule has 0 aliphatic heterocycles. The van der Waals surface area contributed by atoms with E-state index in [0.29, 0.717) is 5.41 Å². The molecule has 0 spiro atoms. The lowest BCUT2D eigenvalue weighted by Crippen LogP contribution is -1.98. The van der Waals surface area contributed by atoms with E-state index in [2.05, 4.69) is 24.0 Å². The fourth-order valence-corrected chi connectivity index (χ4v) is 2.69. The molecule has 0 radical (unpaired) electrons. The van der Waals surface area contributed by atoms with E-state index in [-0.39, 0.29) is 0 Å². The maximum atomic E-state index is 4.06. The number of hydrogen-bond donors (Lipinski definition) is 1. The van der Waals surface area contributed by atoms with Crippen LogP contribution >= 0.6 is 0 Å². The van der Waals surface area contributed by atoms with Crippen molar-refractivity contribution >= 4 is 0 Å². The van der Waals surface area contributed by atoms with Crippen molar-refractivity contribution in [1.82, 2.24) is 10.2 Å². The third-order valence-electron chi connectivity index (χ3n) is 3.55. The summed E-state index contributed by atoms with van der Waals surface area (Å²) in [5.74, 6) is 1.70. The molecular weight excluding hydrogens is 136 g/mol. The first-order valence-electron chi connectivity index (χ1n) is 4.23. The monoisotopic (exact) mass is 148 g/mol. The minimum atomic E-state index is 0.555. The summed E-state index contributed by atoms with van der Waals surface area (Å²) in [5, 5.41) is 7.18. The molecule has 2 atom stereocenters. The average molecular weight is 148 g/mol. The van der Waals surface area contributed by atoms with E-state index >= 15 is 0 Å². The molecule has 1 fully saturated rings. The predicted molar refractivity (Wildman–Crippen MR) is 42.3 cm³/mol. The van der Waals surface area contributed by atoms with Gasteiger partial charge in [0.1, 0.15) is 0 Å². The van der Waals surface area contributed by atoms with Crippen molar-refractivity contribution in [3.05, 3.63) is 17.5 Å². The highest BCUT2D eigenvalue weighted by Crippen LogP contribution is 2.69. The molecule has 1 saturated carbocycles. The van der Waals surface area contributed by atoms with Crippen LogP contribution < -0.4 is 0 Å². The van der Waals surface area contributed by atoms with Crippen molar-refractivity contribution in [2.45, 2.75) is 26.2 Å². The zero-order chi connectivity index (χ0) is 7.64. The molecule has 1 aromatic heterocycles. The highest BCUT2D eigenvalue weighted by Gasteiger charge is 2.62. The summed E-state index contributed by atoms with van der Waals surface area (Å²) < 4.78 is 0. The fraction of sp³-hybridized carbons (Fsp3) is 0.667. The Morgan fingerprint density at radius 1 is 1.64 bits per heavy atom. The van der Waals surface area contributed by atoms with E-state index in [1.54, 1.807) is 0 Å². The SMILES string of the molecule is CC1(C)C2Cc3cn[nH]c3C21. The summed E-state index contributed by atoms with van der Waals surface area (Å²) in [6, 6.07) is 0. The summed E-state index contributed by atoms with van der Waals surface area (Å²) >= 11 is 0. The summed E-state index contributed by atoms with van der Waals surface area (Å²) in [7, 11) is 0. The number of nitrogens with one attached hydrogen (secondary N) is 1. The molecular formula is C9H12N2. The Balaban J connectivity index is 2.12. The lowest BCUT2D eigenvalue weighted by molar-refractivity contribution is 0.539. The zero-order valence-corrected chi connectivity index (χ0v) is 6.89. The maximum absolute atomic E-state index is 4.06. The lowest BCUT2D eigenvalue weighted by atomic mass is 10.00. The largest absolute Gasteiger partial charge is 0.282 e. The minimum absolute atomic E-state index is 0.555. The van der Waals surface area contributed by atoms with Crippen LogP contribution in [0, 0.1) is 11.3 Å². The molecule has 11 heavy (non-hydrogen) atoms. The summed E-state index contributed by atoms with van der Waals surface area (Å²) in [5.41, 5.74) is 3.43. The third-order valence-corrected chi connectivity index (χ3v) is 3.55. The van der Waals surface area contributed by atoms with Gasteiger partial charge < -0.3 is 0 Å². The summed E-state index contributed by atoms with van der Waals surface area (Å²) in [6.45, 7) is 4.71. The smallest absolute Gasteiger partial charge is 0.0522 e. The second kappa shape index (κ2) is 1.38. The molecule has 0 bridgehead atoms. The van der Waals surface area contributed by atoms with E-state index < -0.39 is 0 Å². The molecule has 1 N–H and O–H groups in total. The predicted octanol–water partition coefficient (Wildman–Crippen LogP) is 1.71. The van der Waals surface area contributed by atoms with Crippen molar-refractivity contribution in [3.8, 4) is 0 Å². The Kier molecular flexibility index (Phi) is 0.729. The number of hydrogen-bond acceptors (Lipinski definition) is 1. The Morgan fingerprint density at radius 3 is 3.27 bits per heavy atom. The van der Waals surface area contributed by atoms with Gasteiger partial charge in [-0.15, -0.1) is 0 Å². The van der Waals surface area contributed by atoms with Gasteiger partial charge >= 0.3 is 0 Å². The Morgan fingerprint density at radius 2 is 2.45 bits per heavy atom. The molecule has 0 saturated heterocycles. The zero-order valence-electron chi connectivity index (χ0n) is 6.89. The topological polar surface area (TPSA) is 28.7 Å². The molecule has 2 aliphatic carbocycles. The van der Waals surface area contributed by atoms with Gasteiger partial charge in [0.25, 0.3) is 0 Å². The quantitative estimate of drug-likeness (QED) is 0.596. The van der Waals surface area contributed by atoms with Crippen LogP contribution in [0.4, 0.5) is 0 Å². The minimum Gasteiger partial charge on any atom is -0.282 e. The molecule has 2 aliphatic rings. The van der Waals surface area contributed by atoms with Crippen LogP contribution in [0.5, 0.6) is 0 Å². The highest BCUT2D eigenvalue weighted by molar-refractivity contribution is 5.39. The Bertz CT molecular complexity index is 311. The van der Waals surface area contributed by atoms with E-state index in [1.165, 1.54) is 17.7 Å². The molecule has 1 heterocycles.